The molecule has 8 heteroatoms. The lowest BCUT2D eigenvalue weighted by molar-refractivity contribution is 0.102. The van der Waals surface area contributed by atoms with Gasteiger partial charge in [-0.3, -0.25) is 4.79 Å². The highest BCUT2D eigenvalue weighted by Gasteiger charge is 2.15. The second-order valence-corrected chi connectivity index (χ2v) is 5.40. The van der Waals surface area contributed by atoms with Crippen molar-refractivity contribution in [2.24, 2.45) is 0 Å². The lowest BCUT2D eigenvalue weighted by Gasteiger charge is -2.11. The van der Waals surface area contributed by atoms with E-state index < -0.39 is 23.6 Å². The van der Waals surface area contributed by atoms with E-state index in [-0.39, 0.29) is 23.7 Å². The predicted molar refractivity (Wildman–Crippen MR) is 87.3 cm³/mol. The Morgan fingerprint density at radius 3 is 2.33 bits per heavy atom. The normalized spacial score (nSPS) is 11.9. The van der Waals surface area contributed by atoms with Gasteiger partial charge in [0.15, 0.2) is 11.6 Å². The molecule has 0 aromatic heterocycles. The molecule has 128 valence electrons. The fraction of sp³-hybridized carbons (Fsp3) is 0.188. The number of aliphatic hydroxyl groups is 2. The Bertz CT molecular complexity index is 726. The summed E-state index contributed by atoms with van der Waals surface area (Å²) in [7, 11) is 0. The van der Waals surface area contributed by atoms with Crippen molar-refractivity contribution in [3.63, 3.8) is 0 Å². The van der Waals surface area contributed by atoms with Crippen LogP contribution in [-0.2, 0) is 0 Å². The van der Waals surface area contributed by atoms with Crippen LogP contribution in [0.5, 0.6) is 0 Å². The van der Waals surface area contributed by atoms with Gasteiger partial charge >= 0.3 is 0 Å². The Labute approximate surface area is 141 Å². The van der Waals surface area contributed by atoms with Crippen LogP contribution in [0.25, 0.3) is 0 Å². The molecule has 2 aromatic rings. The van der Waals surface area contributed by atoms with E-state index in [0.29, 0.717) is 11.4 Å². The summed E-state index contributed by atoms with van der Waals surface area (Å²) in [6.45, 7) is -0.178. The number of carbonyl (C=O) groups is 1. The lowest BCUT2D eigenvalue weighted by atomic mass is 10.2. The molecule has 24 heavy (non-hydrogen) atoms. The van der Waals surface area contributed by atoms with Crippen molar-refractivity contribution in [1.82, 2.24) is 0 Å². The number of rotatable bonds is 6. The first-order valence-electron chi connectivity index (χ1n) is 6.99. The second-order valence-electron chi connectivity index (χ2n) is 4.99. The predicted octanol–water partition coefficient (Wildman–Crippen LogP) is 2.64. The maximum atomic E-state index is 13.2. The number of amides is 1. The van der Waals surface area contributed by atoms with Crippen molar-refractivity contribution in [3.05, 3.63) is 58.6 Å². The van der Waals surface area contributed by atoms with E-state index in [1.54, 1.807) is 24.3 Å². The van der Waals surface area contributed by atoms with Crippen LogP contribution in [0, 0.1) is 11.6 Å². The van der Waals surface area contributed by atoms with Gasteiger partial charge in [0.25, 0.3) is 5.91 Å². The van der Waals surface area contributed by atoms with E-state index in [4.69, 9.17) is 16.7 Å². The first-order valence-corrected chi connectivity index (χ1v) is 7.37. The van der Waals surface area contributed by atoms with Crippen LogP contribution >= 0.6 is 11.6 Å². The standard InChI is InChI=1S/C16H15ClF2N2O3/c17-13-6-15(19)14(18)5-12(13)16(24)21-10-3-1-9(2-4-10)20-7-11(23)8-22/h1-6,11,20,22-23H,7-8H2,(H,21,24). The molecule has 0 spiro atoms. The summed E-state index contributed by atoms with van der Waals surface area (Å²) >= 11 is 5.75. The van der Waals surface area contributed by atoms with Crippen LogP contribution < -0.4 is 10.6 Å². The van der Waals surface area contributed by atoms with E-state index >= 15 is 0 Å². The molecule has 0 aliphatic rings. The summed E-state index contributed by atoms with van der Waals surface area (Å²) in [5.74, 6) is -2.96. The number of anilines is 2. The molecule has 2 rings (SSSR count). The number of benzene rings is 2. The minimum absolute atomic E-state index is 0.173. The van der Waals surface area contributed by atoms with Crippen LogP contribution in [0.15, 0.2) is 36.4 Å². The third-order valence-corrected chi connectivity index (χ3v) is 3.46. The molecule has 4 N–H and O–H groups in total. The van der Waals surface area contributed by atoms with E-state index in [1.807, 2.05) is 0 Å². The van der Waals surface area contributed by atoms with Gasteiger partial charge in [0.2, 0.25) is 0 Å². The Morgan fingerprint density at radius 2 is 1.71 bits per heavy atom. The number of hydrogen-bond donors (Lipinski definition) is 4. The molecule has 1 unspecified atom stereocenters. The van der Waals surface area contributed by atoms with E-state index in [2.05, 4.69) is 10.6 Å². The topological polar surface area (TPSA) is 81.6 Å². The smallest absolute Gasteiger partial charge is 0.257 e. The summed E-state index contributed by atoms with van der Waals surface area (Å²) in [4.78, 5) is 12.1. The summed E-state index contributed by atoms with van der Waals surface area (Å²) in [5.41, 5.74) is 0.921. The van der Waals surface area contributed by atoms with Crippen molar-refractivity contribution < 1.29 is 23.8 Å². The molecule has 0 aliphatic heterocycles. The number of carbonyl (C=O) groups excluding carboxylic acids is 1. The monoisotopic (exact) mass is 356 g/mol. The van der Waals surface area contributed by atoms with Crippen LogP contribution in [0.3, 0.4) is 0 Å². The van der Waals surface area contributed by atoms with E-state index in [1.165, 1.54) is 0 Å². The van der Waals surface area contributed by atoms with Crippen LogP contribution in [0.4, 0.5) is 20.2 Å². The largest absolute Gasteiger partial charge is 0.394 e. The van der Waals surface area contributed by atoms with Gasteiger partial charge in [0, 0.05) is 17.9 Å². The molecule has 0 saturated heterocycles. The maximum absolute atomic E-state index is 13.2. The van der Waals surface area contributed by atoms with Crippen molar-refractivity contribution in [1.29, 1.82) is 0 Å². The quantitative estimate of drug-likeness (QED) is 0.600. The van der Waals surface area contributed by atoms with Gasteiger partial charge in [0.05, 0.1) is 23.3 Å². The molecule has 0 saturated carbocycles. The van der Waals surface area contributed by atoms with Gasteiger partial charge in [-0.05, 0) is 36.4 Å². The average Bonchev–Trinajstić information content (AvgIpc) is 2.57. The highest BCUT2D eigenvalue weighted by molar-refractivity contribution is 6.34. The van der Waals surface area contributed by atoms with Crippen molar-refractivity contribution in [2.75, 3.05) is 23.8 Å². The molecular formula is C16H15ClF2N2O3. The number of nitrogens with one attached hydrogen (secondary N) is 2. The van der Waals surface area contributed by atoms with Gasteiger partial charge in [-0.15, -0.1) is 0 Å². The highest BCUT2D eigenvalue weighted by Crippen LogP contribution is 2.22. The molecular weight excluding hydrogens is 342 g/mol. The zero-order valence-electron chi connectivity index (χ0n) is 12.4. The van der Waals surface area contributed by atoms with Crippen molar-refractivity contribution >= 4 is 28.9 Å². The number of hydrogen-bond acceptors (Lipinski definition) is 4. The number of halogens is 3. The summed E-state index contributed by atoms with van der Waals surface area (Å²) in [6.07, 6.45) is -0.875. The fourth-order valence-electron chi connectivity index (χ4n) is 1.87. The van der Waals surface area contributed by atoms with E-state index in [0.717, 1.165) is 12.1 Å². The van der Waals surface area contributed by atoms with Crippen LogP contribution in [0.2, 0.25) is 5.02 Å². The molecule has 1 atom stereocenters. The van der Waals surface area contributed by atoms with Crippen LogP contribution in [-0.4, -0.2) is 35.4 Å². The van der Waals surface area contributed by atoms with E-state index in [9.17, 15) is 18.7 Å². The van der Waals surface area contributed by atoms with Crippen molar-refractivity contribution in [3.8, 4) is 0 Å². The zero-order valence-corrected chi connectivity index (χ0v) is 13.1. The molecule has 2 aromatic carbocycles. The van der Waals surface area contributed by atoms with Gasteiger partial charge in [0.1, 0.15) is 0 Å². The molecule has 0 aliphatic carbocycles. The first-order chi connectivity index (χ1) is 11.4. The summed E-state index contributed by atoms with van der Waals surface area (Å²) < 4.78 is 26.2. The Morgan fingerprint density at radius 1 is 1.12 bits per heavy atom. The molecule has 0 fully saturated rings. The van der Waals surface area contributed by atoms with Crippen molar-refractivity contribution in [2.45, 2.75) is 6.10 Å². The molecule has 5 nitrogen and oxygen atoms in total. The van der Waals surface area contributed by atoms with Gasteiger partial charge in [-0.2, -0.15) is 0 Å². The fourth-order valence-corrected chi connectivity index (χ4v) is 2.10. The third-order valence-electron chi connectivity index (χ3n) is 3.15. The zero-order chi connectivity index (χ0) is 17.7. The van der Waals surface area contributed by atoms with Gasteiger partial charge in [-0.1, -0.05) is 11.6 Å². The molecule has 0 bridgehead atoms. The van der Waals surface area contributed by atoms with Crippen LogP contribution in [0.1, 0.15) is 10.4 Å². The lowest BCUT2D eigenvalue weighted by Crippen LogP contribution is -2.22. The summed E-state index contributed by atoms with van der Waals surface area (Å²) in [6, 6.07) is 7.93. The summed E-state index contributed by atoms with van der Waals surface area (Å²) in [5, 5.41) is 23.2. The third kappa shape index (κ3) is 4.64. The maximum Gasteiger partial charge on any atom is 0.257 e. The average molecular weight is 357 g/mol. The Kier molecular flexibility index (Phi) is 6.08. The highest BCUT2D eigenvalue weighted by atomic mass is 35.5. The SMILES string of the molecule is O=C(Nc1ccc(NCC(O)CO)cc1)c1cc(F)c(F)cc1Cl. The second kappa shape index (κ2) is 8.05. The number of aliphatic hydroxyl groups excluding tert-OH is 2. The van der Waals surface area contributed by atoms with Gasteiger partial charge < -0.3 is 20.8 Å². The molecule has 0 radical (unpaired) electrons. The molecule has 0 heterocycles. The minimum Gasteiger partial charge on any atom is -0.394 e. The Balaban J connectivity index is 2.03. The molecule has 1 amide bonds. The first kappa shape index (κ1) is 18.1. The minimum atomic E-state index is -1.16. The van der Waals surface area contributed by atoms with Gasteiger partial charge in [-0.25, -0.2) is 8.78 Å². The Hall–Kier alpha value is -2.22.